The van der Waals surface area contributed by atoms with E-state index in [-0.39, 0.29) is 28.2 Å². The smallest absolute Gasteiger partial charge is 0.244 e. The summed E-state index contributed by atoms with van der Waals surface area (Å²) < 4.78 is 31.2. The number of nitrogens with one attached hydrogen (secondary N) is 1. The van der Waals surface area contributed by atoms with Crippen molar-refractivity contribution in [1.29, 1.82) is 0 Å². The maximum atomic E-state index is 13.5. The van der Waals surface area contributed by atoms with Crippen LogP contribution in [-0.4, -0.2) is 58.1 Å². The number of likely N-dealkylation sites (N-methyl/N-ethyl adjacent to an activating group) is 1. The minimum atomic E-state index is -3.90. The highest BCUT2D eigenvalue weighted by molar-refractivity contribution is 7.92. The maximum Gasteiger partial charge on any atom is 0.244 e. The maximum absolute atomic E-state index is 13.5. The van der Waals surface area contributed by atoms with E-state index in [0.717, 1.165) is 16.1 Å². The SMILES string of the molecule is CC[C@H](C(=O)NC)N(Cc1ccc(OC)cc1)C(=O)CN(c1cccc(Cl)c1Cl)S(C)(=O)=O. The topological polar surface area (TPSA) is 96.0 Å². The fourth-order valence-corrected chi connectivity index (χ4v) is 4.60. The number of methoxy groups -OCH3 is 1. The van der Waals surface area contributed by atoms with Crippen LogP contribution in [-0.2, 0) is 26.2 Å². The molecule has 180 valence electrons. The molecule has 33 heavy (non-hydrogen) atoms. The van der Waals surface area contributed by atoms with Crippen LogP contribution in [0.4, 0.5) is 5.69 Å². The van der Waals surface area contributed by atoms with Crippen molar-refractivity contribution in [3.63, 3.8) is 0 Å². The van der Waals surface area contributed by atoms with Crippen LogP contribution in [0.1, 0.15) is 18.9 Å². The Balaban J connectivity index is 2.46. The van der Waals surface area contributed by atoms with Crippen molar-refractivity contribution in [3.8, 4) is 5.75 Å². The van der Waals surface area contributed by atoms with E-state index in [4.69, 9.17) is 27.9 Å². The minimum absolute atomic E-state index is 0.0115. The Kier molecular flexibility index (Phi) is 9.39. The van der Waals surface area contributed by atoms with E-state index in [1.54, 1.807) is 44.4 Å². The number of sulfonamides is 1. The molecule has 0 radical (unpaired) electrons. The second-order valence-electron chi connectivity index (χ2n) is 7.25. The van der Waals surface area contributed by atoms with Gasteiger partial charge in [0.05, 0.1) is 29.1 Å². The van der Waals surface area contributed by atoms with Gasteiger partial charge in [0.15, 0.2) is 0 Å². The number of carbonyl (C=O) groups excluding carboxylic acids is 2. The number of rotatable bonds is 10. The van der Waals surface area contributed by atoms with Crippen LogP contribution >= 0.6 is 23.2 Å². The molecule has 0 aliphatic heterocycles. The molecule has 0 heterocycles. The summed E-state index contributed by atoms with van der Waals surface area (Å²) in [5.74, 6) is -0.275. The molecule has 2 aromatic carbocycles. The molecule has 0 fully saturated rings. The van der Waals surface area contributed by atoms with Crippen molar-refractivity contribution in [1.82, 2.24) is 10.2 Å². The highest BCUT2D eigenvalue weighted by atomic mass is 35.5. The van der Waals surface area contributed by atoms with Gasteiger partial charge in [0.25, 0.3) is 0 Å². The van der Waals surface area contributed by atoms with Gasteiger partial charge in [-0.2, -0.15) is 0 Å². The number of halogens is 2. The van der Waals surface area contributed by atoms with Crippen LogP contribution in [0.25, 0.3) is 0 Å². The van der Waals surface area contributed by atoms with Gasteiger partial charge in [-0.3, -0.25) is 13.9 Å². The summed E-state index contributed by atoms with van der Waals surface area (Å²) in [6.45, 7) is 1.31. The second-order valence-corrected chi connectivity index (χ2v) is 9.94. The van der Waals surface area contributed by atoms with Crippen molar-refractivity contribution >= 4 is 50.7 Å². The van der Waals surface area contributed by atoms with Gasteiger partial charge in [-0.25, -0.2) is 8.42 Å². The van der Waals surface area contributed by atoms with Crippen LogP contribution < -0.4 is 14.4 Å². The first-order valence-corrected chi connectivity index (χ1v) is 12.7. The molecule has 1 N–H and O–H groups in total. The molecule has 0 aliphatic rings. The summed E-state index contributed by atoms with van der Waals surface area (Å²) >= 11 is 12.3. The van der Waals surface area contributed by atoms with Crippen LogP contribution in [0.5, 0.6) is 5.75 Å². The van der Waals surface area contributed by atoms with Gasteiger partial charge in [0, 0.05) is 13.6 Å². The molecule has 11 heteroatoms. The molecule has 2 rings (SSSR count). The number of benzene rings is 2. The average Bonchev–Trinajstić information content (AvgIpc) is 2.78. The number of anilines is 1. The predicted molar refractivity (Wildman–Crippen MR) is 130 cm³/mol. The van der Waals surface area contributed by atoms with Crippen LogP contribution in [0, 0.1) is 0 Å². The number of ether oxygens (including phenoxy) is 1. The van der Waals surface area contributed by atoms with E-state index < -0.39 is 28.5 Å². The molecule has 0 saturated heterocycles. The van der Waals surface area contributed by atoms with Gasteiger partial charge in [-0.05, 0) is 36.2 Å². The monoisotopic (exact) mass is 515 g/mol. The number of carbonyl (C=O) groups is 2. The average molecular weight is 516 g/mol. The van der Waals surface area contributed by atoms with Crippen LogP contribution in [0.15, 0.2) is 42.5 Å². The van der Waals surface area contributed by atoms with Gasteiger partial charge < -0.3 is 15.0 Å². The molecule has 8 nitrogen and oxygen atoms in total. The zero-order valence-electron chi connectivity index (χ0n) is 18.8. The fraction of sp³-hybridized carbons (Fsp3) is 0.364. The van der Waals surface area contributed by atoms with Crippen molar-refractivity contribution in [2.24, 2.45) is 0 Å². The Bertz CT molecular complexity index is 1090. The van der Waals surface area contributed by atoms with E-state index in [2.05, 4.69) is 5.32 Å². The summed E-state index contributed by atoms with van der Waals surface area (Å²) in [6.07, 6.45) is 1.31. The molecule has 0 spiro atoms. The number of hydrogen-bond acceptors (Lipinski definition) is 5. The quantitative estimate of drug-likeness (QED) is 0.523. The first-order chi connectivity index (χ1) is 15.5. The lowest BCUT2D eigenvalue weighted by Gasteiger charge is -2.32. The molecule has 1 atom stereocenters. The molecule has 2 amide bonds. The lowest BCUT2D eigenvalue weighted by Crippen LogP contribution is -2.51. The van der Waals surface area contributed by atoms with E-state index >= 15 is 0 Å². The summed E-state index contributed by atoms with van der Waals surface area (Å²) in [5.41, 5.74) is 0.829. The molecule has 0 unspecified atom stereocenters. The van der Waals surface area contributed by atoms with Crippen LogP contribution in [0.3, 0.4) is 0 Å². The van der Waals surface area contributed by atoms with Gasteiger partial charge in [-0.1, -0.05) is 48.3 Å². The Labute approximate surface area is 204 Å². The van der Waals surface area contributed by atoms with Gasteiger partial charge >= 0.3 is 0 Å². The molecular weight excluding hydrogens is 489 g/mol. The number of hydrogen-bond donors (Lipinski definition) is 1. The Hall–Kier alpha value is -2.49. The van der Waals surface area contributed by atoms with Gasteiger partial charge in [-0.15, -0.1) is 0 Å². The second kappa shape index (κ2) is 11.6. The van der Waals surface area contributed by atoms with Gasteiger partial charge in [0.2, 0.25) is 21.8 Å². The largest absolute Gasteiger partial charge is 0.497 e. The lowest BCUT2D eigenvalue weighted by molar-refractivity contribution is -0.140. The lowest BCUT2D eigenvalue weighted by atomic mass is 10.1. The molecule has 2 aromatic rings. The Morgan fingerprint density at radius 1 is 1.12 bits per heavy atom. The third kappa shape index (κ3) is 6.75. The molecular formula is C22H27Cl2N3O5S. The number of amides is 2. The summed E-state index contributed by atoms with van der Waals surface area (Å²) in [6, 6.07) is 10.8. The summed E-state index contributed by atoms with van der Waals surface area (Å²) in [5, 5.41) is 2.73. The van der Waals surface area contributed by atoms with Crippen LogP contribution in [0.2, 0.25) is 10.0 Å². The van der Waals surface area contributed by atoms with Crippen molar-refractivity contribution < 1.29 is 22.7 Å². The van der Waals surface area contributed by atoms with E-state index in [0.29, 0.717) is 12.2 Å². The first-order valence-electron chi connectivity index (χ1n) is 10.1. The summed E-state index contributed by atoms with van der Waals surface area (Å²) in [7, 11) is -0.873. The highest BCUT2D eigenvalue weighted by Gasteiger charge is 2.32. The standard InChI is InChI=1S/C22H27Cl2N3O5S/c1-5-18(22(29)25-2)26(13-15-9-11-16(32-3)12-10-15)20(28)14-27(33(4,30)31)19-8-6-7-17(23)21(19)24/h6-12,18H,5,13-14H2,1-4H3,(H,25,29)/t18-/m1/s1. The fourth-order valence-electron chi connectivity index (χ4n) is 3.29. The minimum Gasteiger partial charge on any atom is -0.497 e. The van der Waals surface area contributed by atoms with E-state index in [1.807, 2.05) is 0 Å². The first kappa shape index (κ1) is 26.8. The Morgan fingerprint density at radius 3 is 2.27 bits per heavy atom. The molecule has 0 saturated carbocycles. The number of nitrogens with zero attached hydrogens (tertiary/aromatic N) is 2. The van der Waals surface area contributed by atoms with E-state index in [1.165, 1.54) is 24.1 Å². The third-order valence-corrected chi connectivity index (χ3v) is 6.96. The van der Waals surface area contributed by atoms with E-state index in [9.17, 15) is 18.0 Å². The summed E-state index contributed by atoms with van der Waals surface area (Å²) in [4.78, 5) is 27.4. The third-order valence-electron chi connectivity index (χ3n) is 5.02. The Morgan fingerprint density at radius 2 is 1.76 bits per heavy atom. The molecule has 0 aromatic heterocycles. The van der Waals surface area contributed by atoms with Crippen molar-refractivity contribution in [2.45, 2.75) is 25.9 Å². The zero-order valence-corrected chi connectivity index (χ0v) is 21.2. The van der Waals surface area contributed by atoms with Crippen molar-refractivity contribution in [3.05, 3.63) is 58.1 Å². The molecule has 0 bridgehead atoms. The molecule has 0 aliphatic carbocycles. The zero-order chi connectivity index (χ0) is 24.8. The van der Waals surface area contributed by atoms with Crippen molar-refractivity contribution in [2.75, 3.05) is 31.3 Å². The predicted octanol–water partition coefficient (Wildman–Crippen LogP) is 3.32. The van der Waals surface area contributed by atoms with Gasteiger partial charge in [0.1, 0.15) is 18.3 Å². The highest BCUT2D eigenvalue weighted by Crippen LogP contribution is 2.33. The normalized spacial score (nSPS) is 12.1.